The molecule has 1 fully saturated rings. The van der Waals surface area contributed by atoms with Gasteiger partial charge in [0.1, 0.15) is 0 Å². The fraction of sp³-hybridized carbons (Fsp3) is 0.522. The lowest BCUT2D eigenvalue weighted by atomic mass is 10.1. The van der Waals surface area contributed by atoms with Crippen molar-refractivity contribution in [3.63, 3.8) is 0 Å². The predicted molar refractivity (Wildman–Crippen MR) is 120 cm³/mol. The summed E-state index contributed by atoms with van der Waals surface area (Å²) in [7, 11) is 0. The van der Waals surface area contributed by atoms with Gasteiger partial charge in [0.15, 0.2) is 5.69 Å². The fourth-order valence-corrected chi connectivity index (χ4v) is 4.26. The van der Waals surface area contributed by atoms with Crippen LogP contribution in [0.4, 0.5) is 10.5 Å². The number of likely N-dealkylation sites (tertiary alicyclic amines) is 1. The third-order valence-electron chi connectivity index (χ3n) is 5.96. The highest BCUT2D eigenvalue weighted by Gasteiger charge is 2.25. The molecule has 0 bridgehead atoms. The zero-order chi connectivity index (χ0) is 21.8. The summed E-state index contributed by atoms with van der Waals surface area (Å²) in [5.74, 6) is -0.151. The molecular formula is C23H32N6O2. The van der Waals surface area contributed by atoms with Gasteiger partial charge in [-0.1, -0.05) is 12.1 Å². The molecule has 1 saturated heterocycles. The molecule has 2 aromatic rings. The number of carbonyl (C=O) groups is 2. The quantitative estimate of drug-likeness (QED) is 0.688. The van der Waals surface area contributed by atoms with E-state index in [1.165, 1.54) is 6.42 Å². The zero-order valence-electron chi connectivity index (χ0n) is 18.4. The van der Waals surface area contributed by atoms with Gasteiger partial charge in [-0.2, -0.15) is 5.10 Å². The molecule has 0 radical (unpaired) electrons. The number of hydrogen-bond donors (Lipinski definition) is 3. The zero-order valence-corrected chi connectivity index (χ0v) is 18.4. The second-order valence-electron chi connectivity index (χ2n) is 8.60. The SMILES string of the molecule is CC(C)n1nc(C(=O)NCc2ccc(NC(=O)N3CCCCC3)cc2)c2c1CCNC2. The molecule has 1 aromatic carbocycles. The Morgan fingerprint density at radius 1 is 1.13 bits per heavy atom. The third kappa shape index (κ3) is 4.90. The molecule has 2 aliphatic rings. The number of amides is 3. The maximum absolute atomic E-state index is 12.8. The number of carbonyl (C=O) groups excluding carboxylic acids is 2. The van der Waals surface area contributed by atoms with Crippen LogP contribution in [0.15, 0.2) is 24.3 Å². The molecule has 3 N–H and O–H groups in total. The Kier molecular flexibility index (Phi) is 6.56. The molecular weight excluding hydrogens is 392 g/mol. The molecule has 166 valence electrons. The van der Waals surface area contributed by atoms with Gasteiger partial charge in [-0.25, -0.2) is 4.79 Å². The van der Waals surface area contributed by atoms with Gasteiger partial charge in [-0.05, 0) is 50.8 Å². The van der Waals surface area contributed by atoms with E-state index in [1.54, 1.807) is 0 Å². The van der Waals surface area contributed by atoms with Gasteiger partial charge >= 0.3 is 6.03 Å². The van der Waals surface area contributed by atoms with Crippen molar-refractivity contribution >= 4 is 17.6 Å². The van der Waals surface area contributed by atoms with Crippen LogP contribution in [-0.4, -0.2) is 46.3 Å². The molecule has 8 nitrogen and oxygen atoms in total. The molecule has 1 aromatic heterocycles. The summed E-state index contributed by atoms with van der Waals surface area (Å²) in [6.07, 6.45) is 4.22. The summed E-state index contributed by atoms with van der Waals surface area (Å²) in [4.78, 5) is 27.0. The molecule has 0 spiro atoms. The molecule has 3 heterocycles. The molecule has 8 heteroatoms. The van der Waals surface area contributed by atoms with E-state index in [1.807, 2.05) is 33.8 Å². The molecule has 3 amide bonds. The lowest BCUT2D eigenvalue weighted by Gasteiger charge is -2.26. The maximum Gasteiger partial charge on any atom is 0.321 e. The molecule has 0 unspecified atom stereocenters. The highest BCUT2D eigenvalue weighted by Crippen LogP contribution is 2.22. The minimum atomic E-state index is -0.151. The highest BCUT2D eigenvalue weighted by atomic mass is 16.2. The maximum atomic E-state index is 12.8. The van der Waals surface area contributed by atoms with Crippen LogP contribution in [-0.2, 0) is 19.5 Å². The minimum Gasteiger partial charge on any atom is -0.347 e. The van der Waals surface area contributed by atoms with Gasteiger partial charge in [-0.3, -0.25) is 9.48 Å². The predicted octanol–water partition coefficient (Wildman–Crippen LogP) is 3.06. The summed E-state index contributed by atoms with van der Waals surface area (Å²) in [6, 6.07) is 7.79. The fourth-order valence-electron chi connectivity index (χ4n) is 4.26. The Hall–Kier alpha value is -2.87. The number of benzene rings is 1. The number of piperidine rings is 1. The van der Waals surface area contributed by atoms with Crippen LogP contribution in [0.25, 0.3) is 0 Å². The topological polar surface area (TPSA) is 91.3 Å². The van der Waals surface area contributed by atoms with E-state index in [4.69, 9.17) is 0 Å². The largest absolute Gasteiger partial charge is 0.347 e. The first-order valence-corrected chi connectivity index (χ1v) is 11.3. The summed E-state index contributed by atoms with van der Waals surface area (Å²) >= 11 is 0. The van der Waals surface area contributed by atoms with E-state index < -0.39 is 0 Å². The smallest absolute Gasteiger partial charge is 0.321 e. The number of anilines is 1. The lowest BCUT2D eigenvalue weighted by Crippen LogP contribution is -2.38. The molecule has 0 aliphatic carbocycles. The van der Waals surface area contributed by atoms with Gasteiger partial charge in [0, 0.05) is 62.1 Å². The van der Waals surface area contributed by atoms with E-state index in [2.05, 4.69) is 34.9 Å². The van der Waals surface area contributed by atoms with Crippen molar-refractivity contribution in [3.05, 3.63) is 46.8 Å². The van der Waals surface area contributed by atoms with Crippen molar-refractivity contribution in [1.29, 1.82) is 0 Å². The second kappa shape index (κ2) is 9.51. The molecule has 2 aliphatic heterocycles. The Morgan fingerprint density at radius 2 is 1.87 bits per heavy atom. The van der Waals surface area contributed by atoms with Crippen LogP contribution in [0, 0.1) is 0 Å². The summed E-state index contributed by atoms with van der Waals surface area (Å²) < 4.78 is 1.98. The van der Waals surface area contributed by atoms with Crippen LogP contribution in [0.5, 0.6) is 0 Å². The van der Waals surface area contributed by atoms with Gasteiger partial charge in [-0.15, -0.1) is 0 Å². The minimum absolute atomic E-state index is 0.0418. The van der Waals surface area contributed by atoms with Crippen LogP contribution < -0.4 is 16.0 Å². The van der Waals surface area contributed by atoms with E-state index in [9.17, 15) is 9.59 Å². The normalized spacial score (nSPS) is 16.2. The van der Waals surface area contributed by atoms with Crippen molar-refractivity contribution in [3.8, 4) is 0 Å². The Morgan fingerprint density at radius 3 is 2.58 bits per heavy atom. The third-order valence-corrected chi connectivity index (χ3v) is 5.96. The molecule has 0 atom stereocenters. The van der Waals surface area contributed by atoms with Crippen molar-refractivity contribution in [1.82, 2.24) is 25.3 Å². The molecule has 0 saturated carbocycles. The van der Waals surface area contributed by atoms with Gasteiger partial charge < -0.3 is 20.9 Å². The first-order chi connectivity index (χ1) is 15.0. The molecule has 4 rings (SSSR count). The first kappa shape index (κ1) is 21.4. The number of fused-ring (bicyclic) bond motifs is 1. The number of hydrogen-bond acceptors (Lipinski definition) is 4. The van der Waals surface area contributed by atoms with Crippen molar-refractivity contribution in [2.24, 2.45) is 0 Å². The van der Waals surface area contributed by atoms with Crippen LogP contribution in [0.2, 0.25) is 0 Å². The van der Waals surface area contributed by atoms with Crippen molar-refractivity contribution in [2.75, 3.05) is 25.0 Å². The lowest BCUT2D eigenvalue weighted by molar-refractivity contribution is 0.0943. The standard InChI is InChI=1S/C23H32N6O2/c1-16(2)29-20-10-11-24-15-19(20)21(27-29)22(30)25-14-17-6-8-18(9-7-17)26-23(31)28-12-4-3-5-13-28/h6-9,16,24H,3-5,10-15H2,1-2H3,(H,25,30)(H,26,31). The number of nitrogens with zero attached hydrogens (tertiary/aromatic N) is 3. The van der Waals surface area contributed by atoms with Crippen LogP contribution >= 0.6 is 0 Å². The number of nitrogens with one attached hydrogen (secondary N) is 3. The highest BCUT2D eigenvalue weighted by molar-refractivity contribution is 5.94. The van der Waals surface area contributed by atoms with Gasteiger partial charge in [0.05, 0.1) is 0 Å². The van der Waals surface area contributed by atoms with Crippen molar-refractivity contribution < 1.29 is 9.59 Å². The average Bonchev–Trinajstić information content (AvgIpc) is 3.19. The summed E-state index contributed by atoms with van der Waals surface area (Å²) in [5, 5.41) is 13.9. The van der Waals surface area contributed by atoms with Crippen LogP contribution in [0.1, 0.15) is 66.5 Å². The monoisotopic (exact) mass is 424 g/mol. The Bertz CT molecular complexity index is 928. The number of urea groups is 1. The van der Waals surface area contributed by atoms with Crippen molar-refractivity contribution in [2.45, 2.75) is 58.7 Å². The van der Waals surface area contributed by atoms with E-state index in [0.29, 0.717) is 18.8 Å². The van der Waals surface area contributed by atoms with E-state index in [-0.39, 0.29) is 18.0 Å². The van der Waals surface area contributed by atoms with Gasteiger partial charge in [0.25, 0.3) is 5.91 Å². The Labute approximate surface area is 183 Å². The summed E-state index contributed by atoms with van der Waals surface area (Å²) in [5.41, 5.74) is 4.42. The Balaban J connectivity index is 1.35. The average molecular weight is 425 g/mol. The number of aromatic nitrogens is 2. The number of rotatable bonds is 5. The van der Waals surface area contributed by atoms with E-state index >= 15 is 0 Å². The molecule has 31 heavy (non-hydrogen) atoms. The van der Waals surface area contributed by atoms with Gasteiger partial charge in [0.2, 0.25) is 0 Å². The van der Waals surface area contributed by atoms with E-state index in [0.717, 1.165) is 61.4 Å². The van der Waals surface area contributed by atoms with Crippen LogP contribution in [0.3, 0.4) is 0 Å². The second-order valence-corrected chi connectivity index (χ2v) is 8.60. The first-order valence-electron chi connectivity index (χ1n) is 11.3. The summed E-state index contributed by atoms with van der Waals surface area (Å²) in [6.45, 7) is 7.81.